The minimum Gasteiger partial charge on any atom is -0.310 e. The summed E-state index contributed by atoms with van der Waals surface area (Å²) in [6.45, 7) is 6.86. The van der Waals surface area contributed by atoms with Crippen molar-refractivity contribution in [3.8, 4) is 0 Å². The monoisotopic (exact) mass is 291 g/mol. The first-order chi connectivity index (χ1) is 8.84. The van der Waals surface area contributed by atoms with Crippen molar-refractivity contribution in [2.24, 2.45) is 0 Å². The second-order valence-corrected chi connectivity index (χ2v) is 6.23. The van der Waals surface area contributed by atoms with Crippen molar-refractivity contribution in [2.45, 2.75) is 38.2 Å². The van der Waals surface area contributed by atoms with Crippen molar-refractivity contribution in [1.82, 2.24) is 5.32 Å². The Balaban J connectivity index is 2.89. The molecule has 0 fully saturated rings. The highest BCUT2D eigenvalue weighted by molar-refractivity contribution is 7.99. The standard InChI is InChI=1S/C14H20F3NS/c1-4-18-13(9-19-10(2)3)11-6-5-7-12(8-11)14(15,16)17/h5-8,10,13,18H,4,9H2,1-3H3. The molecule has 1 N–H and O–H groups in total. The summed E-state index contributed by atoms with van der Waals surface area (Å²) in [6.07, 6.45) is -4.28. The van der Waals surface area contributed by atoms with E-state index in [9.17, 15) is 13.2 Å². The molecule has 0 radical (unpaired) electrons. The van der Waals surface area contributed by atoms with E-state index in [1.807, 2.05) is 6.92 Å². The molecule has 19 heavy (non-hydrogen) atoms. The SMILES string of the molecule is CCNC(CSC(C)C)c1cccc(C(F)(F)F)c1. The molecule has 108 valence electrons. The number of hydrogen-bond acceptors (Lipinski definition) is 2. The molecule has 0 heterocycles. The van der Waals surface area contributed by atoms with Crippen molar-refractivity contribution in [3.05, 3.63) is 35.4 Å². The molecule has 0 saturated heterocycles. The number of halogens is 3. The zero-order chi connectivity index (χ0) is 14.5. The molecular weight excluding hydrogens is 271 g/mol. The van der Waals surface area contributed by atoms with E-state index in [4.69, 9.17) is 0 Å². The number of nitrogens with one attached hydrogen (secondary N) is 1. The number of thioether (sulfide) groups is 1. The van der Waals surface area contributed by atoms with Gasteiger partial charge in [-0.25, -0.2) is 0 Å². The van der Waals surface area contributed by atoms with Crippen LogP contribution in [0.2, 0.25) is 0 Å². The van der Waals surface area contributed by atoms with Crippen LogP contribution in [0.1, 0.15) is 37.9 Å². The minimum absolute atomic E-state index is 0.0419. The maximum atomic E-state index is 12.7. The summed E-state index contributed by atoms with van der Waals surface area (Å²) in [5, 5.41) is 3.71. The van der Waals surface area contributed by atoms with Crippen molar-refractivity contribution in [2.75, 3.05) is 12.3 Å². The molecular formula is C14H20F3NS. The molecule has 1 nitrogen and oxygen atoms in total. The van der Waals surface area contributed by atoms with E-state index in [2.05, 4.69) is 19.2 Å². The maximum Gasteiger partial charge on any atom is 0.416 e. The summed E-state index contributed by atoms with van der Waals surface area (Å²) < 4.78 is 38.1. The fourth-order valence-electron chi connectivity index (χ4n) is 1.74. The van der Waals surface area contributed by atoms with Gasteiger partial charge in [0, 0.05) is 11.8 Å². The highest BCUT2D eigenvalue weighted by atomic mass is 32.2. The Labute approximate surface area is 117 Å². The average Bonchev–Trinajstić information content (AvgIpc) is 2.33. The molecule has 0 aliphatic rings. The summed E-state index contributed by atoms with van der Waals surface area (Å²) in [4.78, 5) is 0. The smallest absolute Gasteiger partial charge is 0.310 e. The van der Waals surface area contributed by atoms with E-state index >= 15 is 0 Å². The topological polar surface area (TPSA) is 12.0 Å². The van der Waals surface area contributed by atoms with Crippen molar-refractivity contribution in [3.63, 3.8) is 0 Å². The van der Waals surface area contributed by atoms with Gasteiger partial charge in [0.05, 0.1) is 5.56 Å². The molecule has 5 heteroatoms. The Morgan fingerprint density at radius 2 is 1.95 bits per heavy atom. The van der Waals surface area contributed by atoms with E-state index in [0.29, 0.717) is 10.8 Å². The fourth-order valence-corrected chi connectivity index (χ4v) is 2.63. The molecule has 0 spiro atoms. The Morgan fingerprint density at radius 1 is 1.26 bits per heavy atom. The van der Waals surface area contributed by atoms with Crippen LogP contribution in [0, 0.1) is 0 Å². The molecule has 1 rings (SSSR count). The van der Waals surface area contributed by atoms with Gasteiger partial charge in [0.25, 0.3) is 0 Å². The minimum atomic E-state index is -4.28. The molecule has 0 saturated carbocycles. The molecule has 0 amide bonds. The van der Waals surface area contributed by atoms with Crippen LogP contribution in [0.4, 0.5) is 13.2 Å². The van der Waals surface area contributed by atoms with Gasteiger partial charge in [-0.2, -0.15) is 24.9 Å². The summed E-state index contributed by atoms with van der Waals surface area (Å²) in [5.41, 5.74) is 0.118. The zero-order valence-electron chi connectivity index (χ0n) is 11.4. The van der Waals surface area contributed by atoms with Gasteiger partial charge in [-0.05, 0) is 29.5 Å². The second kappa shape index (κ2) is 7.20. The number of alkyl halides is 3. The summed E-state index contributed by atoms with van der Waals surface area (Å²) in [5.74, 6) is 0.771. The van der Waals surface area contributed by atoms with Crippen LogP contribution in [-0.4, -0.2) is 17.5 Å². The number of hydrogen-bond donors (Lipinski definition) is 1. The van der Waals surface area contributed by atoms with Crippen LogP contribution < -0.4 is 5.32 Å². The molecule has 0 aliphatic heterocycles. The van der Waals surface area contributed by atoms with Crippen LogP contribution in [-0.2, 0) is 6.18 Å². The lowest BCUT2D eigenvalue weighted by atomic mass is 10.0. The third-order valence-electron chi connectivity index (χ3n) is 2.66. The van der Waals surface area contributed by atoms with Gasteiger partial charge in [0.15, 0.2) is 0 Å². The third-order valence-corrected chi connectivity index (χ3v) is 3.86. The predicted molar refractivity (Wildman–Crippen MR) is 75.5 cm³/mol. The zero-order valence-corrected chi connectivity index (χ0v) is 12.2. The maximum absolute atomic E-state index is 12.7. The predicted octanol–water partition coefficient (Wildman–Crippen LogP) is 4.50. The van der Waals surface area contributed by atoms with Crippen molar-refractivity contribution < 1.29 is 13.2 Å². The second-order valence-electron chi connectivity index (χ2n) is 4.62. The van der Waals surface area contributed by atoms with E-state index in [-0.39, 0.29) is 6.04 Å². The normalized spacial score (nSPS) is 13.8. The molecule has 1 aromatic carbocycles. The first kappa shape index (κ1) is 16.4. The summed E-state index contributed by atoms with van der Waals surface area (Å²) in [6, 6.07) is 5.54. The van der Waals surface area contributed by atoms with Gasteiger partial charge in [0.2, 0.25) is 0 Å². The Morgan fingerprint density at radius 3 is 2.47 bits per heavy atom. The molecule has 1 unspecified atom stereocenters. The van der Waals surface area contributed by atoms with E-state index < -0.39 is 11.7 Å². The van der Waals surface area contributed by atoms with E-state index in [1.165, 1.54) is 12.1 Å². The lowest BCUT2D eigenvalue weighted by Gasteiger charge is -2.20. The van der Waals surface area contributed by atoms with Crippen molar-refractivity contribution in [1.29, 1.82) is 0 Å². The van der Waals surface area contributed by atoms with Crippen molar-refractivity contribution >= 4 is 11.8 Å². The Bertz CT molecular complexity index is 391. The van der Waals surface area contributed by atoms with Crippen LogP contribution in [0.3, 0.4) is 0 Å². The van der Waals surface area contributed by atoms with Crippen LogP contribution >= 0.6 is 11.8 Å². The summed E-state index contributed by atoms with van der Waals surface area (Å²) >= 11 is 1.74. The van der Waals surface area contributed by atoms with Gasteiger partial charge in [-0.3, -0.25) is 0 Å². The highest BCUT2D eigenvalue weighted by Crippen LogP contribution is 2.31. The van der Waals surface area contributed by atoms with Crippen LogP contribution in [0.15, 0.2) is 24.3 Å². The van der Waals surface area contributed by atoms with Gasteiger partial charge in [-0.1, -0.05) is 32.9 Å². The largest absolute Gasteiger partial charge is 0.416 e. The average molecular weight is 291 g/mol. The molecule has 1 aromatic rings. The molecule has 1 atom stereocenters. The van der Waals surface area contributed by atoms with Crippen LogP contribution in [0.25, 0.3) is 0 Å². The quantitative estimate of drug-likeness (QED) is 0.828. The number of benzene rings is 1. The van der Waals surface area contributed by atoms with E-state index in [1.54, 1.807) is 17.8 Å². The number of rotatable bonds is 6. The van der Waals surface area contributed by atoms with Gasteiger partial charge in [-0.15, -0.1) is 0 Å². The van der Waals surface area contributed by atoms with Crippen LogP contribution in [0.5, 0.6) is 0 Å². The van der Waals surface area contributed by atoms with E-state index in [0.717, 1.165) is 18.4 Å². The fraction of sp³-hybridized carbons (Fsp3) is 0.571. The lowest BCUT2D eigenvalue weighted by molar-refractivity contribution is -0.137. The highest BCUT2D eigenvalue weighted by Gasteiger charge is 2.30. The van der Waals surface area contributed by atoms with Gasteiger partial charge < -0.3 is 5.32 Å². The third kappa shape index (κ3) is 5.45. The van der Waals surface area contributed by atoms with Gasteiger partial charge >= 0.3 is 6.18 Å². The molecule has 0 aliphatic carbocycles. The molecule has 0 bridgehead atoms. The molecule has 0 aromatic heterocycles. The Kier molecular flexibility index (Phi) is 6.20. The van der Waals surface area contributed by atoms with Gasteiger partial charge in [0.1, 0.15) is 0 Å². The first-order valence-corrected chi connectivity index (χ1v) is 7.41. The summed E-state index contributed by atoms with van der Waals surface area (Å²) in [7, 11) is 0. The lowest BCUT2D eigenvalue weighted by Crippen LogP contribution is -2.24. The first-order valence-electron chi connectivity index (χ1n) is 6.36. The Hall–Kier alpha value is -0.680.